The van der Waals surface area contributed by atoms with Gasteiger partial charge in [-0.15, -0.1) is 12.4 Å². The first-order chi connectivity index (χ1) is 9.66. The van der Waals surface area contributed by atoms with E-state index in [0.29, 0.717) is 24.4 Å². The summed E-state index contributed by atoms with van der Waals surface area (Å²) in [7, 11) is 0. The molecule has 0 aromatic carbocycles. The van der Waals surface area contributed by atoms with Crippen LogP contribution in [0.2, 0.25) is 0 Å². The van der Waals surface area contributed by atoms with Gasteiger partial charge in [-0.25, -0.2) is 0 Å². The Labute approximate surface area is 140 Å². The topological polar surface area (TPSA) is 41.1 Å². The van der Waals surface area contributed by atoms with Crippen molar-refractivity contribution in [2.24, 2.45) is 11.8 Å². The lowest BCUT2D eigenvalue weighted by atomic mass is 9.78. The first-order valence-corrected chi connectivity index (χ1v) is 9.42. The van der Waals surface area contributed by atoms with E-state index in [1.165, 1.54) is 37.9 Å². The molecule has 1 saturated heterocycles. The second kappa shape index (κ2) is 9.96. The third kappa shape index (κ3) is 6.37. The fourth-order valence-electron chi connectivity index (χ4n) is 3.49. The second-order valence-electron chi connectivity index (χ2n) is 6.54. The van der Waals surface area contributed by atoms with Crippen LogP contribution in [0.4, 0.5) is 0 Å². The van der Waals surface area contributed by atoms with Crippen LogP contribution in [0, 0.1) is 11.8 Å². The Bertz CT molecular complexity index is 305. The summed E-state index contributed by atoms with van der Waals surface area (Å²) in [6.45, 7) is 5.53. The van der Waals surface area contributed by atoms with E-state index in [1.807, 2.05) is 11.8 Å². The van der Waals surface area contributed by atoms with Crippen molar-refractivity contribution in [1.29, 1.82) is 0 Å². The molecule has 1 aliphatic carbocycles. The van der Waals surface area contributed by atoms with E-state index < -0.39 is 0 Å². The zero-order chi connectivity index (χ0) is 14.4. The first kappa shape index (κ1) is 19.1. The maximum absolute atomic E-state index is 12.1. The molecule has 0 aromatic rings. The van der Waals surface area contributed by atoms with Crippen molar-refractivity contribution in [3.63, 3.8) is 0 Å². The summed E-state index contributed by atoms with van der Waals surface area (Å²) in [6.07, 6.45) is 7.48. The van der Waals surface area contributed by atoms with E-state index in [1.54, 1.807) is 0 Å². The van der Waals surface area contributed by atoms with E-state index >= 15 is 0 Å². The van der Waals surface area contributed by atoms with Gasteiger partial charge >= 0.3 is 0 Å². The predicted octanol–water partition coefficient (Wildman–Crippen LogP) is 3.22. The Hall–Kier alpha value is 0.0700. The van der Waals surface area contributed by atoms with E-state index in [2.05, 4.69) is 24.5 Å². The molecule has 1 amide bonds. The summed E-state index contributed by atoms with van der Waals surface area (Å²) in [6, 6.07) is 0.674. The van der Waals surface area contributed by atoms with Gasteiger partial charge in [0.2, 0.25) is 5.91 Å². The van der Waals surface area contributed by atoms with Crippen LogP contribution in [0.5, 0.6) is 0 Å². The molecule has 21 heavy (non-hydrogen) atoms. The highest BCUT2D eigenvalue weighted by Crippen LogP contribution is 2.31. The third-order valence-electron chi connectivity index (χ3n) is 5.00. The highest BCUT2D eigenvalue weighted by Gasteiger charge is 2.26. The summed E-state index contributed by atoms with van der Waals surface area (Å²) >= 11 is 1.95. The standard InChI is InChI=1S/C16H30N2OS.ClH/c1-12(14-6-4-3-5-7-14)13(2)18-16(19)10-15-11-20-9-8-17-15;/h12-15,17H,3-11H2,1-2H3,(H,18,19);1H. The van der Waals surface area contributed by atoms with E-state index in [9.17, 15) is 4.79 Å². The lowest BCUT2D eigenvalue weighted by Gasteiger charge is -2.32. The van der Waals surface area contributed by atoms with Gasteiger partial charge in [0.15, 0.2) is 0 Å². The van der Waals surface area contributed by atoms with Gasteiger partial charge in [-0.3, -0.25) is 4.79 Å². The van der Waals surface area contributed by atoms with Crippen molar-refractivity contribution in [1.82, 2.24) is 10.6 Å². The Morgan fingerprint density at radius 1 is 1.29 bits per heavy atom. The molecule has 5 heteroatoms. The Morgan fingerprint density at radius 2 is 2.00 bits per heavy atom. The normalized spacial score (nSPS) is 26.5. The minimum absolute atomic E-state index is 0. The molecule has 1 heterocycles. The molecule has 0 radical (unpaired) electrons. The third-order valence-corrected chi connectivity index (χ3v) is 6.13. The molecule has 0 bridgehead atoms. The molecular weight excluding hydrogens is 304 g/mol. The SMILES string of the molecule is CC(NC(=O)CC1CSCCN1)C(C)C1CCCCC1.Cl. The molecule has 2 rings (SSSR count). The quantitative estimate of drug-likeness (QED) is 0.811. The fraction of sp³-hybridized carbons (Fsp3) is 0.938. The van der Waals surface area contributed by atoms with Crippen LogP contribution in [0.3, 0.4) is 0 Å². The molecule has 0 aromatic heterocycles. The molecule has 2 fully saturated rings. The van der Waals surface area contributed by atoms with Gasteiger partial charge in [0, 0.05) is 36.6 Å². The summed E-state index contributed by atoms with van der Waals surface area (Å²) in [4.78, 5) is 12.1. The zero-order valence-electron chi connectivity index (χ0n) is 13.4. The average molecular weight is 335 g/mol. The highest BCUT2D eigenvalue weighted by molar-refractivity contribution is 7.99. The minimum Gasteiger partial charge on any atom is -0.353 e. The van der Waals surface area contributed by atoms with Crippen molar-refractivity contribution < 1.29 is 4.79 Å². The molecule has 124 valence electrons. The van der Waals surface area contributed by atoms with Crippen LogP contribution >= 0.6 is 24.2 Å². The van der Waals surface area contributed by atoms with Gasteiger partial charge in [0.25, 0.3) is 0 Å². The van der Waals surface area contributed by atoms with Crippen molar-refractivity contribution in [3.05, 3.63) is 0 Å². The number of halogens is 1. The number of rotatable bonds is 5. The van der Waals surface area contributed by atoms with Gasteiger partial charge < -0.3 is 10.6 Å². The smallest absolute Gasteiger partial charge is 0.221 e. The average Bonchev–Trinajstić information content (AvgIpc) is 2.48. The number of thioether (sulfide) groups is 1. The van der Waals surface area contributed by atoms with Crippen LogP contribution < -0.4 is 10.6 Å². The van der Waals surface area contributed by atoms with Crippen molar-refractivity contribution in [3.8, 4) is 0 Å². The molecule has 1 aliphatic heterocycles. The fourth-order valence-corrected chi connectivity index (χ4v) is 4.44. The lowest BCUT2D eigenvalue weighted by molar-refractivity contribution is -0.122. The van der Waals surface area contributed by atoms with Crippen molar-refractivity contribution in [2.75, 3.05) is 18.1 Å². The molecule has 2 aliphatic rings. The van der Waals surface area contributed by atoms with E-state index in [-0.39, 0.29) is 18.3 Å². The van der Waals surface area contributed by atoms with E-state index in [4.69, 9.17) is 0 Å². The summed E-state index contributed by atoms with van der Waals surface area (Å²) in [5.74, 6) is 3.88. The van der Waals surface area contributed by atoms with Gasteiger partial charge in [-0.2, -0.15) is 11.8 Å². The number of hydrogen-bond acceptors (Lipinski definition) is 3. The molecule has 3 unspecified atom stereocenters. The van der Waals surface area contributed by atoms with Crippen LogP contribution in [-0.4, -0.2) is 36.0 Å². The summed E-state index contributed by atoms with van der Waals surface area (Å²) in [5.41, 5.74) is 0. The van der Waals surface area contributed by atoms with Crippen molar-refractivity contribution in [2.45, 2.75) is 64.5 Å². The minimum atomic E-state index is 0. The largest absolute Gasteiger partial charge is 0.353 e. The number of nitrogens with one attached hydrogen (secondary N) is 2. The van der Waals surface area contributed by atoms with Gasteiger partial charge in [0.05, 0.1) is 0 Å². The van der Waals surface area contributed by atoms with E-state index in [0.717, 1.165) is 18.2 Å². The van der Waals surface area contributed by atoms with Crippen molar-refractivity contribution >= 4 is 30.1 Å². The first-order valence-electron chi connectivity index (χ1n) is 8.27. The Balaban J connectivity index is 0.00000220. The molecular formula is C16H31ClN2OS. The molecule has 0 spiro atoms. The van der Waals surface area contributed by atoms with Crippen LogP contribution in [0.15, 0.2) is 0 Å². The maximum Gasteiger partial charge on any atom is 0.221 e. The molecule has 1 saturated carbocycles. The molecule has 3 atom stereocenters. The summed E-state index contributed by atoms with van der Waals surface area (Å²) in [5, 5.41) is 6.67. The Kier molecular flexibility index (Phi) is 9.07. The van der Waals surface area contributed by atoms with Gasteiger partial charge in [0.1, 0.15) is 0 Å². The number of amides is 1. The number of carbonyl (C=O) groups excluding carboxylic acids is 1. The Morgan fingerprint density at radius 3 is 2.62 bits per heavy atom. The van der Waals surface area contributed by atoms with Gasteiger partial charge in [-0.05, 0) is 18.8 Å². The highest BCUT2D eigenvalue weighted by atomic mass is 35.5. The zero-order valence-corrected chi connectivity index (χ0v) is 15.0. The predicted molar refractivity (Wildman–Crippen MR) is 94.3 cm³/mol. The van der Waals surface area contributed by atoms with Crippen LogP contribution in [0.25, 0.3) is 0 Å². The van der Waals surface area contributed by atoms with Crippen LogP contribution in [-0.2, 0) is 4.79 Å². The monoisotopic (exact) mass is 334 g/mol. The van der Waals surface area contributed by atoms with Gasteiger partial charge in [-0.1, -0.05) is 39.0 Å². The molecule has 2 N–H and O–H groups in total. The lowest BCUT2D eigenvalue weighted by Crippen LogP contribution is -2.45. The summed E-state index contributed by atoms with van der Waals surface area (Å²) < 4.78 is 0. The number of hydrogen-bond donors (Lipinski definition) is 2. The maximum atomic E-state index is 12.1. The van der Waals surface area contributed by atoms with Crippen LogP contribution in [0.1, 0.15) is 52.4 Å². The molecule has 3 nitrogen and oxygen atoms in total. The second-order valence-corrected chi connectivity index (χ2v) is 7.69. The number of carbonyl (C=O) groups is 1.